The Kier molecular flexibility index (Phi) is 5.75. The number of rotatable bonds is 4. The van der Waals surface area contributed by atoms with Gasteiger partial charge in [-0.2, -0.15) is 0 Å². The second-order valence-corrected chi connectivity index (χ2v) is 10.4. The van der Waals surface area contributed by atoms with Gasteiger partial charge in [0, 0.05) is 33.8 Å². The van der Waals surface area contributed by atoms with Crippen LogP contribution in [0.1, 0.15) is 0 Å². The molecule has 0 fully saturated rings. The van der Waals surface area contributed by atoms with E-state index in [0.29, 0.717) is 17.5 Å². The lowest BCUT2D eigenvalue weighted by Crippen LogP contribution is -2.00. The van der Waals surface area contributed by atoms with E-state index in [2.05, 4.69) is 133 Å². The van der Waals surface area contributed by atoms with Crippen LogP contribution in [0.15, 0.2) is 146 Å². The van der Waals surface area contributed by atoms with Crippen molar-refractivity contribution in [3.05, 3.63) is 146 Å². The molecule has 2 aromatic heterocycles. The van der Waals surface area contributed by atoms with Crippen LogP contribution in [-0.4, -0.2) is 19.9 Å². The summed E-state index contributed by atoms with van der Waals surface area (Å²) in [6.45, 7) is 0. The fourth-order valence-corrected chi connectivity index (χ4v) is 5.55. The van der Waals surface area contributed by atoms with Crippen molar-refractivity contribution in [1.82, 2.24) is 19.9 Å². The largest absolute Gasteiger partial charge is 0.256 e. The molecule has 0 radical (unpaired) electrons. The highest BCUT2D eigenvalue weighted by atomic mass is 15.0. The molecule has 0 unspecified atom stereocenters. The van der Waals surface area contributed by atoms with Crippen molar-refractivity contribution in [1.29, 1.82) is 0 Å². The van der Waals surface area contributed by atoms with Crippen LogP contribution in [-0.2, 0) is 0 Å². The monoisotopic (exact) mass is 536 g/mol. The van der Waals surface area contributed by atoms with Gasteiger partial charge in [-0.05, 0) is 45.1 Å². The van der Waals surface area contributed by atoms with Gasteiger partial charge in [0.25, 0.3) is 0 Å². The van der Waals surface area contributed by atoms with E-state index >= 15 is 0 Å². The lowest BCUT2D eigenvalue weighted by Gasteiger charge is -2.10. The van der Waals surface area contributed by atoms with Gasteiger partial charge in [-0.15, -0.1) is 0 Å². The molecule has 8 rings (SSSR count). The van der Waals surface area contributed by atoms with Crippen LogP contribution < -0.4 is 0 Å². The smallest absolute Gasteiger partial charge is 0.164 e. The average molecular weight is 537 g/mol. The van der Waals surface area contributed by atoms with Crippen molar-refractivity contribution < 1.29 is 0 Å². The molecule has 0 N–H and O–H groups in total. The van der Waals surface area contributed by atoms with E-state index in [0.717, 1.165) is 44.1 Å². The van der Waals surface area contributed by atoms with Gasteiger partial charge in [-0.25, -0.2) is 15.0 Å². The van der Waals surface area contributed by atoms with E-state index in [-0.39, 0.29) is 0 Å². The van der Waals surface area contributed by atoms with Gasteiger partial charge in [0.2, 0.25) is 0 Å². The molecular formula is C38H24N4. The summed E-state index contributed by atoms with van der Waals surface area (Å²) >= 11 is 0. The Hall–Kier alpha value is -5.74. The van der Waals surface area contributed by atoms with E-state index in [1.807, 2.05) is 12.3 Å². The van der Waals surface area contributed by atoms with Crippen molar-refractivity contribution in [3.8, 4) is 45.4 Å². The molecule has 42 heavy (non-hydrogen) atoms. The summed E-state index contributed by atoms with van der Waals surface area (Å²) in [7, 11) is 0. The van der Waals surface area contributed by atoms with Crippen LogP contribution in [0.25, 0.3) is 77.7 Å². The van der Waals surface area contributed by atoms with Crippen molar-refractivity contribution in [2.75, 3.05) is 0 Å². The van der Waals surface area contributed by atoms with Crippen LogP contribution in [0.4, 0.5) is 0 Å². The zero-order valence-corrected chi connectivity index (χ0v) is 22.6. The first-order chi connectivity index (χ1) is 20.8. The quantitative estimate of drug-likeness (QED) is 0.225. The fourth-order valence-electron chi connectivity index (χ4n) is 5.55. The van der Waals surface area contributed by atoms with Crippen LogP contribution in [0.5, 0.6) is 0 Å². The SMILES string of the molecule is c1ccc2cc(-c3nc(-c4ccc(-c5nccc6ccccc56)cc4)nc(-c4ccc5ccccc5c4)n3)ccc2c1. The number of hydrogen-bond acceptors (Lipinski definition) is 4. The maximum absolute atomic E-state index is 4.98. The first-order valence-corrected chi connectivity index (χ1v) is 14.0. The first-order valence-electron chi connectivity index (χ1n) is 14.0. The van der Waals surface area contributed by atoms with Crippen LogP contribution in [0.2, 0.25) is 0 Å². The van der Waals surface area contributed by atoms with E-state index in [9.17, 15) is 0 Å². The van der Waals surface area contributed by atoms with E-state index in [1.54, 1.807) is 0 Å². The Morgan fingerprint density at radius 1 is 0.333 bits per heavy atom. The summed E-state index contributed by atoms with van der Waals surface area (Å²) in [5.41, 5.74) is 4.84. The van der Waals surface area contributed by atoms with Gasteiger partial charge in [0.05, 0.1) is 5.69 Å². The summed E-state index contributed by atoms with van der Waals surface area (Å²) < 4.78 is 0. The third-order valence-electron chi connectivity index (χ3n) is 7.74. The Balaban J connectivity index is 1.27. The Morgan fingerprint density at radius 3 is 1.38 bits per heavy atom. The highest BCUT2D eigenvalue weighted by molar-refractivity contribution is 5.94. The summed E-state index contributed by atoms with van der Waals surface area (Å²) in [6, 6.07) is 48.1. The lowest BCUT2D eigenvalue weighted by molar-refractivity contribution is 1.08. The Morgan fingerprint density at radius 2 is 0.786 bits per heavy atom. The second-order valence-electron chi connectivity index (χ2n) is 10.4. The standard InChI is InChI=1S/C38H24N4/c1-3-10-30-23-32(19-13-25(30)7-1)37-40-36(41-38(42-37)33-20-14-26-8-2-4-11-31(26)24-33)29-17-15-28(16-18-29)35-34-12-6-5-9-27(34)21-22-39-35/h1-24H. The number of hydrogen-bond donors (Lipinski definition) is 0. The van der Waals surface area contributed by atoms with Gasteiger partial charge in [-0.3, -0.25) is 4.98 Å². The molecule has 8 aromatic rings. The number of benzene rings is 6. The number of pyridine rings is 1. The molecule has 0 bridgehead atoms. The summed E-state index contributed by atoms with van der Waals surface area (Å²) in [5, 5.41) is 6.97. The third kappa shape index (κ3) is 4.36. The van der Waals surface area contributed by atoms with E-state index in [4.69, 9.17) is 19.9 Å². The highest BCUT2D eigenvalue weighted by Crippen LogP contribution is 2.31. The first kappa shape index (κ1) is 24.1. The third-order valence-corrected chi connectivity index (χ3v) is 7.74. The second kappa shape index (κ2) is 10.0. The summed E-state index contributed by atoms with van der Waals surface area (Å²) in [6.07, 6.45) is 1.86. The van der Waals surface area contributed by atoms with Crippen molar-refractivity contribution in [3.63, 3.8) is 0 Å². The molecule has 0 saturated heterocycles. The van der Waals surface area contributed by atoms with Gasteiger partial charge in [0.15, 0.2) is 17.5 Å². The summed E-state index contributed by atoms with van der Waals surface area (Å²) in [4.78, 5) is 19.6. The molecule has 196 valence electrons. The zero-order chi connectivity index (χ0) is 27.9. The molecule has 2 heterocycles. The minimum atomic E-state index is 0.633. The van der Waals surface area contributed by atoms with Gasteiger partial charge >= 0.3 is 0 Å². The molecule has 0 aliphatic carbocycles. The average Bonchev–Trinajstić information content (AvgIpc) is 3.07. The highest BCUT2D eigenvalue weighted by Gasteiger charge is 2.14. The van der Waals surface area contributed by atoms with Crippen molar-refractivity contribution in [2.45, 2.75) is 0 Å². The topological polar surface area (TPSA) is 51.6 Å². The van der Waals surface area contributed by atoms with Gasteiger partial charge < -0.3 is 0 Å². The van der Waals surface area contributed by atoms with Crippen LogP contribution in [0.3, 0.4) is 0 Å². The molecule has 0 saturated carbocycles. The van der Waals surface area contributed by atoms with E-state index < -0.39 is 0 Å². The predicted octanol–water partition coefficient (Wildman–Crippen LogP) is 9.39. The molecule has 6 aromatic carbocycles. The Bertz CT molecular complexity index is 2150. The maximum atomic E-state index is 4.98. The maximum Gasteiger partial charge on any atom is 0.164 e. The molecule has 4 nitrogen and oxygen atoms in total. The number of fused-ring (bicyclic) bond motifs is 3. The minimum Gasteiger partial charge on any atom is -0.256 e. The zero-order valence-electron chi connectivity index (χ0n) is 22.6. The molecule has 0 atom stereocenters. The van der Waals surface area contributed by atoms with Gasteiger partial charge in [-0.1, -0.05) is 121 Å². The van der Waals surface area contributed by atoms with Crippen LogP contribution in [0, 0.1) is 0 Å². The molecule has 4 heteroatoms. The lowest BCUT2D eigenvalue weighted by atomic mass is 10.0. The van der Waals surface area contributed by atoms with Crippen molar-refractivity contribution >= 4 is 32.3 Å². The van der Waals surface area contributed by atoms with Crippen LogP contribution >= 0.6 is 0 Å². The Labute approximate surface area is 243 Å². The molecule has 0 amide bonds. The number of nitrogens with zero attached hydrogens (tertiary/aromatic N) is 4. The van der Waals surface area contributed by atoms with E-state index in [1.165, 1.54) is 16.2 Å². The predicted molar refractivity (Wildman–Crippen MR) is 172 cm³/mol. The van der Waals surface area contributed by atoms with Gasteiger partial charge in [0.1, 0.15) is 0 Å². The number of aromatic nitrogens is 4. The fraction of sp³-hybridized carbons (Fsp3) is 0. The minimum absolute atomic E-state index is 0.633. The molecule has 0 aliphatic heterocycles. The molecular weight excluding hydrogens is 512 g/mol. The molecule has 0 aliphatic rings. The summed E-state index contributed by atoms with van der Waals surface area (Å²) in [5.74, 6) is 1.93. The molecule has 0 spiro atoms. The normalized spacial score (nSPS) is 11.3. The van der Waals surface area contributed by atoms with Crippen molar-refractivity contribution in [2.24, 2.45) is 0 Å².